The predicted octanol–water partition coefficient (Wildman–Crippen LogP) is 4.74. The molecule has 1 N–H and O–H groups in total. The van der Waals surface area contributed by atoms with Crippen LogP contribution >= 0.6 is 15.9 Å². The molecule has 0 fully saturated rings. The summed E-state index contributed by atoms with van der Waals surface area (Å²) < 4.78 is 6.91. The molecule has 0 spiro atoms. The van der Waals surface area contributed by atoms with Gasteiger partial charge < -0.3 is 10.1 Å². The van der Waals surface area contributed by atoms with Crippen LogP contribution < -0.4 is 5.32 Å². The van der Waals surface area contributed by atoms with E-state index in [1.807, 2.05) is 0 Å². The third-order valence-corrected chi connectivity index (χ3v) is 3.86. The van der Waals surface area contributed by atoms with E-state index in [4.69, 9.17) is 4.74 Å². The highest BCUT2D eigenvalue weighted by molar-refractivity contribution is 9.10. The molecule has 20 heavy (non-hydrogen) atoms. The monoisotopic (exact) mass is 341 g/mol. The minimum atomic E-state index is 0.137. The number of hydrogen-bond donors (Lipinski definition) is 1. The molecule has 0 aliphatic carbocycles. The highest BCUT2D eigenvalue weighted by Gasteiger charge is 2.18. The van der Waals surface area contributed by atoms with E-state index in [-0.39, 0.29) is 5.54 Å². The van der Waals surface area contributed by atoms with Crippen molar-refractivity contribution in [3.8, 4) is 0 Å². The highest BCUT2D eigenvalue weighted by Crippen LogP contribution is 2.27. The minimum Gasteiger partial charge on any atom is -0.379 e. The van der Waals surface area contributed by atoms with Gasteiger partial charge in [0.05, 0.1) is 6.10 Å². The van der Waals surface area contributed by atoms with Crippen LogP contribution in [0.2, 0.25) is 0 Å². The van der Waals surface area contributed by atoms with Crippen molar-refractivity contribution in [2.24, 2.45) is 0 Å². The lowest BCUT2D eigenvalue weighted by molar-refractivity contribution is 0.0729. The minimum absolute atomic E-state index is 0.137. The van der Waals surface area contributed by atoms with E-state index in [1.165, 1.54) is 10.0 Å². The Morgan fingerprint density at radius 3 is 2.40 bits per heavy atom. The summed E-state index contributed by atoms with van der Waals surface area (Å²) in [6, 6.07) is 8.48. The normalized spacial score (nSPS) is 13.8. The number of ether oxygens (including phenoxy) is 1. The Morgan fingerprint density at radius 2 is 1.85 bits per heavy atom. The Morgan fingerprint density at radius 1 is 1.20 bits per heavy atom. The molecular formula is C17H28BrNO. The lowest BCUT2D eigenvalue weighted by Crippen LogP contribution is -2.38. The topological polar surface area (TPSA) is 21.3 Å². The maximum atomic E-state index is 5.72. The predicted molar refractivity (Wildman–Crippen MR) is 90.3 cm³/mol. The molecule has 0 amide bonds. The van der Waals surface area contributed by atoms with Crippen LogP contribution in [0.3, 0.4) is 0 Å². The molecule has 1 aromatic carbocycles. The van der Waals surface area contributed by atoms with E-state index >= 15 is 0 Å². The van der Waals surface area contributed by atoms with Gasteiger partial charge in [-0.3, -0.25) is 0 Å². The van der Waals surface area contributed by atoms with E-state index < -0.39 is 0 Å². The van der Waals surface area contributed by atoms with Crippen molar-refractivity contribution in [3.05, 3.63) is 34.3 Å². The maximum absolute atomic E-state index is 5.72. The van der Waals surface area contributed by atoms with Crippen molar-refractivity contribution >= 4 is 15.9 Å². The van der Waals surface area contributed by atoms with E-state index in [2.05, 4.69) is 80.1 Å². The smallest absolute Gasteiger partial charge is 0.0518 e. The SMILES string of the molecule is CC(C)OCCC(CNC(C)(C)C)c1ccccc1Br. The fourth-order valence-electron chi connectivity index (χ4n) is 2.05. The Labute approximate surface area is 132 Å². The van der Waals surface area contributed by atoms with Crippen LogP contribution in [0.1, 0.15) is 52.5 Å². The zero-order valence-corrected chi connectivity index (χ0v) is 15.0. The second-order valence-electron chi connectivity index (χ2n) is 6.56. The summed E-state index contributed by atoms with van der Waals surface area (Å²) in [4.78, 5) is 0. The van der Waals surface area contributed by atoms with Crippen molar-refractivity contribution in [2.75, 3.05) is 13.2 Å². The Bertz CT molecular complexity index is 398. The molecule has 0 heterocycles. The van der Waals surface area contributed by atoms with Crippen molar-refractivity contribution in [1.82, 2.24) is 5.32 Å². The van der Waals surface area contributed by atoms with Gasteiger partial charge >= 0.3 is 0 Å². The number of hydrogen-bond acceptors (Lipinski definition) is 2. The molecule has 1 rings (SSSR count). The first kappa shape index (κ1) is 17.7. The van der Waals surface area contributed by atoms with Crippen LogP contribution in [-0.4, -0.2) is 24.8 Å². The van der Waals surface area contributed by atoms with Gasteiger partial charge in [0, 0.05) is 23.2 Å². The Hall–Kier alpha value is -0.380. The van der Waals surface area contributed by atoms with Crippen LogP contribution in [-0.2, 0) is 4.74 Å². The molecule has 1 unspecified atom stereocenters. The molecule has 114 valence electrons. The van der Waals surface area contributed by atoms with Crippen LogP contribution in [0.4, 0.5) is 0 Å². The van der Waals surface area contributed by atoms with Gasteiger partial charge in [-0.1, -0.05) is 34.1 Å². The standard InChI is InChI=1S/C17H28BrNO/c1-13(2)20-11-10-14(12-19-17(3,4)5)15-8-6-7-9-16(15)18/h6-9,13-14,19H,10-12H2,1-5H3. The van der Waals surface area contributed by atoms with Crippen LogP contribution in [0, 0.1) is 0 Å². The summed E-state index contributed by atoms with van der Waals surface area (Å²) in [6.45, 7) is 12.5. The van der Waals surface area contributed by atoms with Gasteiger partial charge in [0.2, 0.25) is 0 Å². The highest BCUT2D eigenvalue weighted by atomic mass is 79.9. The van der Waals surface area contributed by atoms with Gasteiger partial charge in [0.1, 0.15) is 0 Å². The summed E-state index contributed by atoms with van der Waals surface area (Å²) >= 11 is 3.67. The first-order valence-electron chi connectivity index (χ1n) is 7.40. The van der Waals surface area contributed by atoms with Gasteiger partial charge in [0.15, 0.2) is 0 Å². The van der Waals surface area contributed by atoms with E-state index in [0.717, 1.165) is 19.6 Å². The van der Waals surface area contributed by atoms with Gasteiger partial charge in [-0.2, -0.15) is 0 Å². The molecule has 0 saturated heterocycles. The second kappa shape index (κ2) is 8.16. The quantitative estimate of drug-likeness (QED) is 0.773. The fourth-order valence-corrected chi connectivity index (χ4v) is 2.66. The lowest BCUT2D eigenvalue weighted by atomic mass is 9.94. The fraction of sp³-hybridized carbons (Fsp3) is 0.647. The summed E-state index contributed by atoms with van der Waals surface area (Å²) in [5.41, 5.74) is 1.50. The lowest BCUT2D eigenvalue weighted by Gasteiger charge is -2.26. The Kier molecular flexibility index (Phi) is 7.21. The zero-order valence-electron chi connectivity index (χ0n) is 13.4. The third-order valence-electron chi connectivity index (χ3n) is 3.14. The van der Waals surface area contributed by atoms with Crippen LogP contribution in [0.25, 0.3) is 0 Å². The van der Waals surface area contributed by atoms with Gasteiger partial charge in [-0.25, -0.2) is 0 Å². The van der Waals surface area contributed by atoms with E-state index in [0.29, 0.717) is 12.0 Å². The third kappa shape index (κ3) is 6.87. The zero-order chi connectivity index (χ0) is 15.2. The molecule has 0 aromatic heterocycles. The molecule has 1 aromatic rings. The average Bonchev–Trinajstić information content (AvgIpc) is 2.33. The van der Waals surface area contributed by atoms with Gasteiger partial charge in [-0.15, -0.1) is 0 Å². The van der Waals surface area contributed by atoms with Crippen molar-refractivity contribution in [1.29, 1.82) is 0 Å². The second-order valence-corrected chi connectivity index (χ2v) is 7.41. The molecule has 0 saturated carbocycles. The average molecular weight is 342 g/mol. The maximum Gasteiger partial charge on any atom is 0.0518 e. The van der Waals surface area contributed by atoms with E-state index in [1.54, 1.807) is 0 Å². The number of nitrogens with one attached hydrogen (secondary N) is 1. The number of halogens is 1. The molecule has 0 aliphatic rings. The molecule has 0 radical (unpaired) electrons. The van der Waals surface area contributed by atoms with Gasteiger partial charge in [0.25, 0.3) is 0 Å². The van der Waals surface area contributed by atoms with Crippen molar-refractivity contribution in [3.63, 3.8) is 0 Å². The molecule has 1 atom stereocenters. The molecule has 0 bridgehead atoms. The first-order valence-corrected chi connectivity index (χ1v) is 8.20. The molecule has 3 heteroatoms. The largest absolute Gasteiger partial charge is 0.379 e. The first-order chi connectivity index (χ1) is 9.29. The Balaban J connectivity index is 2.71. The van der Waals surface area contributed by atoms with Crippen LogP contribution in [0.15, 0.2) is 28.7 Å². The molecule has 0 aliphatic heterocycles. The summed E-state index contributed by atoms with van der Waals surface area (Å²) in [5.74, 6) is 0.462. The van der Waals surface area contributed by atoms with Crippen molar-refractivity contribution < 1.29 is 4.74 Å². The summed E-state index contributed by atoms with van der Waals surface area (Å²) in [7, 11) is 0. The molecular weight excluding hydrogens is 314 g/mol. The van der Waals surface area contributed by atoms with Gasteiger partial charge in [-0.05, 0) is 58.6 Å². The number of benzene rings is 1. The molecule has 2 nitrogen and oxygen atoms in total. The summed E-state index contributed by atoms with van der Waals surface area (Å²) in [6.07, 6.45) is 1.33. The summed E-state index contributed by atoms with van der Waals surface area (Å²) in [5, 5.41) is 3.61. The number of rotatable bonds is 7. The van der Waals surface area contributed by atoms with Crippen molar-refractivity contribution in [2.45, 2.75) is 58.6 Å². The van der Waals surface area contributed by atoms with E-state index in [9.17, 15) is 0 Å². The van der Waals surface area contributed by atoms with Crippen LogP contribution in [0.5, 0.6) is 0 Å².